The summed E-state index contributed by atoms with van der Waals surface area (Å²) in [6, 6.07) is 6.87. The van der Waals surface area contributed by atoms with Crippen molar-refractivity contribution in [2.75, 3.05) is 25.1 Å². The van der Waals surface area contributed by atoms with E-state index in [-0.39, 0.29) is 12.6 Å². The largest absolute Gasteiger partial charge is 0.394 e. The summed E-state index contributed by atoms with van der Waals surface area (Å²) < 4.78 is 1.07. The fourth-order valence-corrected chi connectivity index (χ4v) is 2.59. The lowest BCUT2D eigenvalue weighted by Crippen LogP contribution is -2.32. The normalized spacial score (nSPS) is 14.2. The molecular weight excluding hydrogens is 304 g/mol. The van der Waals surface area contributed by atoms with E-state index in [1.54, 1.807) is 0 Å². The zero-order valence-electron chi connectivity index (χ0n) is 12.3. The van der Waals surface area contributed by atoms with Crippen LogP contribution in [0, 0.1) is 0 Å². The number of nitrogens with zero attached hydrogens (tertiary/aromatic N) is 1. The lowest BCUT2D eigenvalue weighted by Gasteiger charge is -2.27. The molecule has 0 aliphatic heterocycles. The van der Waals surface area contributed by atoms with E-state index in [1.807, 2.05) is 14.0 Å². The Morgan fingerprint density at radius 3 is 2.58 bits per heavy atom. The Morgan fingerprint density at radius 2 is 2.05 bits per heavy atom. The van der Waals surface area contributed by atoms with E-state index in [1.165, 1.54) is 5.56 Å². The summed E-state index contributed by atoms with van der Waals surface area (Å²) in [7, 11) is 2.00. The number of nitrogens with one attached hydrogen (secondary N) is 1. The van der Waals surface area contributed by atoms with Crippen molar-refractivity contribution >= 4 is 21.6 Å². The number of halogens is 1. The molecule has 3 nitrogen and oxygen atoms in total. The van der Waals surface area contributed by atoms with E-state index < -0.39 is 0 Å². The lowest BCUT2D eigenvalue weighted by molar-refractivity contribution is 0.270. The van der Waals surface area contributed by atoms with Gasteiger partial charge in [0.05, 0.1) is 12.3 Å². The molecule has 0 aromatic heterocycles. The minimum atomic E-state index is 0.109. The van der Waals surface area contributed by atoms with Crippen molar-refractivity contribution in [2.45, 2.75) is 39.3 Å². The topological polar surface area (TPSA) is 35.5 Å². The molecule has 0 fully saturated rings. The van der Waals surface area contributed by atoms with Gasteiger partial charge in [-0.2, -0.15) is 0 Å². The summed E-state index contributed by atoms with van der Waals surface area (Å²) in [5, 5.41) is 12.7. The molecule has 0 saturated carbocycles. The Bertz CT molecular complexity index is 398. The molecule has 0 aliphatic carbocycles. The molecule has 0 spiro atoms. The minimum Gasteiger partial charge on any atom is -0.394 e. The van der Waals surface area contributed by atoms with Crippen LogP contribution >= 0.6 is 15.9 Å². The number of benzene rings is 1. The predicted molar refractivity (Wildman–Crippen MR) is 85.8 cm³/mol. The molecule has 19 heavy (non-hydrogen) atoms. The van der Waals surface area contributed by atoms with Gasteiger partial charge in [0, 0.05) is 23.6 Å². The Hall–Kier alpha value is -0.580. The Morgan fingerprint density at radius 1 is 1.37 bits per heavy atom. The van der Waals surface area contributed by atoms with Gasteiger partial charge in [-0.1, -0.05) is 13.0 Å². The second-order valence-electron chi connectivity index (χ2n) is 5.03. The summed E-state index contributed by atoms with van der Waals surface area (Å²) in [5.74, 6) is 0. The maximum atomic E-state index is 9.23. The molecular formula is C15H25BrN2O. The molecule has 0 amide bonds. The van der Waals surface area contributed by atoms with Crippen LogP contribution < -0.4 is 10.2 Å². The van der Waals surface area contributed by atoms with Crippen molar-refractivity contribution in [2.24, 2.45) is 0 Å². The second-order valence-corrected chi connectivity index (χ2v) is 5.88. The Labute approximate surface area is 125 Å². The van der Waals surface area contributed by atoms with E-state index in [2.05, 4.69) is 58.2 Å². The van der Waals surface area contributed by atoms with Crippen molar-refractivity contribution in [3.8, 4) is 0 Å². The van der Waals surface area contributed by atoms with Crippen LogP contribution in [0.3, 0.4) is 0 Å². The highest BCUT2D eigenvalue weighted by Gasteiger charge is 2.13. The lowest BCUT2D eigenvalue weighted by atomic mass is 10.1. The number of rotatable bonds is 7. The molecule has 0 saturated heterocycles. The van der Waals surface area contributed by atoms with Gasteiger partial charge >= 0.3 is 0 Å². The summed E-state index contributed by atoms with van der Waals surface area (Å²) in [6.07, 6.45) is 1.14. The summed E-state index contributed by atoms with van der Waals surface area (Å²) in [5.41, 5.74) is 2.38. The first kappa shape index (κ1) is 16.5. The van der Waals surface area contributed by atoms with Gasteiger partial charge in [0.2, 0.25) is 0 Å². The van der Waals surface area contributed by atoms with Crippen LogP contribution in [0.5, 0.6) is 0 Å². The summed E-state index contributed by atoms with van der Waals surface area (Å²) >= 11 is 3.63. The molecule has 108 valence electrons. The fraction of sp³-hybridized carbons (Fsp3) is 0.600. The highest BCUT2D eigenvalue weighted by atomic mass is 79.9. The van der Waals surface area contributed by atoms with E-state index in [9.17, 15) is 5.11 Å². The van der Waals surface area contributed by atoms with Gasteiger partial charge in [0.1, 0.15) is 0 Å². The average Bonchev–Trinajstić information content (AvgIpc) is 2.42. The van der Waals surface area contributed by atoms with Crippen LogP contribution in [-0.2, 0) is 0 Å². The molecule has 0 heterocycles. The van der Waals surface area contributed by atoms with Crippen LogP contribution in [-0.4, -0.2) is 31.3 Å². The first-order valence-electron chi connectivity index (χ1n) is 6.87. The van der Waals surface area contributed by atoms with Gasteiger partial charge in [0.15, 0.2) is 0 Å². The molecule has 1 aromatic carbocycles. The van der Waals surface area contributed by atoms with Gasteiger partial charge in [-0.3, -0.25) is 0 Å². The first-order valence-corrected chi connectivity index (χ1v) is 7.67. The number of anilines is 1. The SMILES string of the molecule is CCCNC(C)c1ccc(N(C)C(C)CO)c(Br)c1. The quantitative estimate of drug-likeness (QED) is 0.805. The molecule has 2 unspecified atom stereocenters. The third-order valence-electron chi connectivity index (χ3n) is 3.48. The van der Waals surface area contributed by atoms with E-state index in [0.717, 1.165) is 23.1 Å². The Balaban J connectivity index is 2.85. The standard InChI is InChI=1S/C15H25BrN2O/c1-5-8-17-12(3)13-6-7-15(14(16)9-13)18(4)11(2)10-19/h6-7,9,11-12,17,19H,5,8,10H2,1-4H3. The zero-order chi connectivity index (χ0) is 14.4. The maximum absolute atomic E-state index is 9.23. The zero-order valence-corrected chi connectivity index (χ0v) is 13.9. The second kappa shape index (κ2) is 7.88. The Kier molecular flexibility index (Phi) is 6.83. The number of hydrogen-bond donors (Lipinski definition) is 2. The molecule has 0 radical (unpaired) electrons. The van der Waals surface area contributed by atoms with Crippen molar-refractivity contribution in [1.29, 1.82) is 0 Å². The van der Waals surface area contributed by atoms with Crippen molar-refractivity contribution in [3.63, 3.8) is 0 Å². The first-order chi connectivity index (χ1) is 9.01. The summed E-state index contributed by atoms with van der Waals surface area (Å²) in [6.45, 7) is 7.54. The van der Waals surface area contributed by atoms with Gasteiger partial charge in [-0.15, -0.1) is 0 Å². The molecule has 1 aromatic rings. The van der Waals surface area contributed by atoms with Crippen molar-refractivity contribution in [3.05, 3.63) is 28.2 Å². The molecule has 2 atom stereocenters. The summed E-state index contributed by atoms with van der Waals surface area (Å²) in [4.78, 5) is 2.08. The van der Waals surface area contributed by atoms with Gasteiger partial charge in [-0.25, -0.2) is 0 Å². The smallest absolute Gasteiger partial charge is 0.0632 e. The molecule has 1 rings (SSSR count). The van der Waals surface area contributed by atoms with Crippen LogP contribution in [0.1, 0.15) is 38.8 Å². The van der Waals surface area contributed by atoms with Gasteiger partial charge in [0.25, 0.3) is 0 Å². The average molecular weight is 329 g/mol. The maximum Gasteiger partial charge on any atom is 0.0632 e. The molecule has 2 N–H and O–H groups in total. The predicted octanol–water partition coefficient (Wildman–Crippen LogP) is 3.33. The van der Waals surface area contributed by atoms with E-state index >= 15 is 0 Å². The number of likely N-dealkylation sites (N-methyl/N-ethyl adjacent to an activating group) is 1. The number of hydrogen-bond acceptors (Lipinski definition) is 3. The van der Waals surface area contributed by atoms with Crippen molar-refractivity contribution < 1.29 is 5.11 Å². The molecule has 4 heteroatoms. The van der Waals surface area contributed by atoms with Crippen LogP contribution in [0.2, 0.25) is 0 Å². The van der Waals surface area contributed by atoms with Gasteiger partial charge < -0.3 is 15.3 Å². The number of aliphatic hydroxyl groups excluding tert-OH is 1. The molecule has 0 bridgehead atoms. The van der Waals surface area contributed by atoms with Crippen molar-refractivity contribution in [1.82, 2.24) is 5.32 Å². The van der Waals surface area contributed by atoms with Gasteiger partial charge in [-0.05, 0) is 60.4 Å². The van der Waals surface area contributed by atoms with Crippen LogP contribution in [0.4, 0.5) is 5.69 Å². The van der Waals surface area contributed by atoms with Crippen LogP contribution in [0.15, 0.2) is 22.7 Å². The fourth-order valence-electron chi connectivity index (χ4n) is 1.92. The molecule has 0 aliphatic rings. The van der Waals surface area contributed by atoms with Crippen LogP contribution in [0.25, 0.3) is 0 Å². The van der Waals surface area contributed by atoms with E-state index in [4.69, 9.17) is 0 Å². The third-order valence-corrected chi connectivity index (χ3v) is 4.11. The highest BCUT2D eigenvalue weighted by Crippen LogP contribution is 2.29. The number of aliphatic hydroxyl groups is 1. The minimum absolute atomic E-state index is 0.109. The third kappa shape index (κ3) is 4.48. The highest BCUT2D eigenvalue weighted by molar-refractivity contribution is 9.10. The monoisotopic (exact) mass is 328 g/mol. The van der Waals surface area contributed by atoms with E-state index in [0.29, 0.717) is 6.04 Å².